The number of hydrogen-bond donors (Lipinski definition) is 1. The highest BCUT2D eigenvalue weighted by atomic mass is 35.5. The summed E-state index contributed by atoms with van der Waals surface area (Å²) in [5, 5.41) is 8.89. The van der Waals surface area contributed by atoms with Crippen molar-refractivity contribution in [1.82, 2.24) is 15.1 Å². The van der Waals surface area contributed by atoms with Crippen molar-refractivity contribution in [2.24, 2.45) is 0 Å². The van der Waals surface area contributed by atoms with Gasteiger partial charge in [0.25, 0.3) is 0 Å². The highest BCUT2D eigenvalue weighted by Crippen LogP contribution is 2.25. The summed E-state index contributed by atoms with van der Waals surface area (Å²) in [6.07, 6.45) is 5.96. The smallest absolute Gasteiger partial charge is 0.0595 e. The van der Waals surface area contributed by atoms with E-state index in [1.165, 1.54) is 5.56 Å². The van der Waals surface area contributed by atoms with E-state index >= 15 is 0 Å². The lowest BCUT2D eigenvalue weighted by Gasteiger charge is -2.15. The van der Waals surface area contributed by atoms with Crippen LogP contribution in [0.2, 0.25) is 10.0 Å². The van der Waals surface area contributed by atoms with Crippen molar-refractivity contribution in [1.29, 1.82) is 0 Å². The van der Waals surface area contributed by atoms with Gasteiger partial charge in [0.2, 0.25) is 0 Å². The molecule has 1 N–H and O–H groups in total. The van der Waals surface area contributed by atoms with Gasteiger partial charge in [-0.1, -0.05) is 36.2 Å². The zero-order valence-corrected chi connectivity index (χ0v) is 13.2. The van der Waals surface area contributed by atoms with Crippen LogP contribution < -0.4 is 5.32 Å². The Kier molecular flexibility index (Phi) is 5.46. The Morgan fingerprint density at radius 1 is 1.30 bits per heavy atom. The van der Waals surface area contributed by atoms with E-state index in [0.29, 0.717) is 10.0 Å². The SMILES string of the molecule is CCCn1cc(C(Cc2ccc(Cl)c(Cl)c2)NC)cn1. The summed E-state index contributed by atoms with van der Waals surface area (Å²) in [5.74, 6) is 0. The fourth-order valence-electron chi connectivity index (χ4n) is 2.20. The first-order valence-corrected chi connectivity index (χ1v) is 7.53. The highest BCUT2D eigenvalue weighted by molar-refractivity contribution is 6.42. The van der Waals surface area contributed by atoms with Crippen LogP contribution in [0.4, 0.5) is 0 Å². The third kappa shape index (κ3) is 3.75. The normalized spacial score (nSPS) is 12.6. The fourth-order valence-corrected chi connectivity index (χ4v) is 2.52. The number of nitrogens with zero attached hydrogens (tertiary/aromatic N) is 2. The Balaban J connectivity index is 2.12. The highest BCUT2D eigenvalue weighted by Gasteiger charge is 2.13. The lowest BCUT2D eigenvalue weighted by atomic mass is 10.0. The second kappa shape index (κ2) is 7.11. The molecule has 2 rings (SSSR count). The molecule has 0 bridgehead atoms. The molecule has 1 unspecified atom stereocenters. The Morgan fingerprint density at radius 3 is 2.75 bits per heavy atom. The van der Waals surface area contributed by atoms with Gasteiger partial charge in [0.1, 0.15) is 0 Å². The van der Waals surface area contributed by atoms with Crippen molar-refractivity contribution in [2.75, 3.05) is 7.05 Å². The van der Waals surface area contributed by atoms with E-state index < -0.39 is 0 Å². The summed E-state index contributed by atoms with van der Waals surface area (Å²) in [7, 11) is 1.96. The van der Waals surface area contributed by atoms with E-state index in [4.69, 9.17) is 23.2 Å². The second-order valence-electron chi connectivity index (χ2n) is 4.83. The maximum atomic E-state index is 6.06. The van der Waals surface area contributed by atoms with E-state index in [-0.39, 0.29) is 6.04 Å². The summed E-state index contributed by atoms with van der Waals surface area (Å²) in [6, 6.07) is 5.99. The van der Waals surface area contributed by atoms with E-state index in [2.05, 4.69) is 23.5 Å². The molecule has 1 atom stereocenters. The van der Waals surface area contributed by atoms with Crippen LogP contribution in [0.15, 0.2) is 30.6 Å². The number of likely N-dealkylation sites (N-methyl/N-ethyl adjacent to an activating group) is 1. The molecule has 0 fully saturated rings. The van der Waals surface area contributed by atoms with Crippen molar-refractivity contribution >= 4 is 23.2 Å². The Bertz CT molecular complexity index is 566. The lowest BCUT2D eigenvalue weighted by Crippen LogP contribution is -2.18. The van der Waals surface area contributed by atoms with Gasteiger partial charge < -0.3 is 5.32 Å². The lowest BCUT2D eigenvalue weighted by molar-refractivity contribution is 0.582. The third-order valence-electron chi connectivity index (χ3n) is 3.28. The minimum absolute atomic E-state index is 0.220. The van der Waals surface area contributed by atoms with Crippen molar-refractivity contribution in [3.05, 3.63) is 51.8 Å². The van der Waals surface area contributed by atoms with Gasteiger partial charge in [0.15, 0.2) is 0 Å². The summed E-state index contributed by atoms with van der Waals surface area (Å²) in [6.45, 7) is 3.09. The molecule has 0 aliphatic heterocycles. The number of benzene rings is 1. The molecule has 1 aromatic carbocycles. The number of nitrogens with one attached hydrogen (secondary N) is 1. The van der Waals surface area contributed by atoms with Gasteiger partial charge in [0, 0.05) is 24.3 Å². The topological polar surface area (TPSA) is 29.9 Å². The van der Waals surface area contributed by atoms with Gasteiger partial charge in [-0.05, 0) is 37.6 Å². The molecule has 0 aliphatic carbocycles. The first-order chi connectivity index (χ1) is 9.63. The average molecular weight is 312 g/mol. The van der Waals surface area contributed by atoms with E-state index in [9.17, 15) is 0 Å². The van der Waals surface area contributed by atoms with Crippen LogP contribution in [0.1, 0.15) is 30.5 Å². The van der Waals surface area contributed by atoms with Gasteiger partial charge in [-0.3, -0.25) is 4.68 Å². The molecule has 5 heteroatoms. The molecule has 2 aromatic rings. The van der Waals surface area contributed by atoms with Crippen LogP contribution in [-0.2, 0) is 13.0 Å². The molecular formula is C15H19Cl2N3. The maximum Gasteiger partial charge on any atom is 0.0595 e. The monoisotopic (exact) mass is 311 g/mol. The Labute approximate surface area is 129 Å². The summed E-state index contributed by atoms with van der Waals surface area (Å²) in [4.78, 5) is 0. The molecule has 0 spiro atoms. The quantitative estimate of drug-likeness (QED) is 0.870. The molecule has 0 amide bonds. The zero-order chi connectivity index (χ0) is 14.5. The number of hydrogen-bond acceptors (Lipinski definition) is 2. The largest absolute Gasteiger partial charge is 0.313 e. The van der Waals surface area contributed by atoms with Crippen LogP contribution in [-0.4, -0.2) is 16.8 Å². The molecule has 20 heavy (non-hydrogen) atoms. The predicted octanol–water partition coefficient (Wildman–Crippen LogP) is 4.10. The molecule has 108 valence electrons. The second-order valence-corrected chi connectivity index (χ2v) is 5.64. The minimum atomic E-state index is 0.220. The molecular weight excluding hydrogens is 293 g/mol. The van der Waals surface area contributed by atoms with E-state index in [1.54, 1.807) is 0 Å². The summed E-state index contributed by atoms with van der Waals surface area (Å²) in [5.41, 5.74) is 2.34. The van der Waals surface area contributed by atoms with Crippen LogP contribution in [0.25, 0.3) is 0 Å². The van der Waals surface area contributed by atoms with Crippen LogP contribution in [0.3, 0.4) is 0 Å². The molecule has 0 saturated carbocycles. The number of rotatable bonds is 6. The number of halogens is 2. The molecule has 1 aromatic heterocycles. The van der Waals surface area contributed by atoms with E-state index in [0.717, 1.165) is 24.9 Å². The van der Waals surface area contributed by atoms with Gasteiger partial charge >= 0.3 is 0 Å². The van der Waals surface area contributed by atoms with Crippen LogP contribution >= 0.6 is 23.2 Å². The molecule has 0 saturated heterocycles. The van der Waals surface area contributed by atoms with Crippen LogP contribution in [0.5, 0.6) is 0 Å². The van der Waals surface area contributed by atoms with Crippen molar-refractivity contribution in [3.63, 3.8) is 0 Å². The summed E-state index contributed by atoms with van der Waals surface area (Å²) < 4.78 is 1.98. The van der Waals surface area contributed by atoms with Gasteiger partial charge in [-0.15, -0.1) is 0 Å². The molecule has 1 heterocycles. The van der Waals surface area contributed by atoms with Crippen molar-refractivity contribution in [2.45, 2.75) is 32.4 Å². The Hall–Kier alpha value is -1.03. The van der Waals surface area contributed by atoms with Crippen molar-refractivity contribution in [3.8, 4) is 0 Å². The average Bonchev–Trinajstić information content (AvgIpc) is 2.89. The minimum Gasteiger partial charge on any atom is -0.313 e. The van der Waals surface area contributed by atoms with E-state index in [1.807, 2.05) is 36.1 Å². The first-order valence-electron chi connectivity index (χ1n) is 6.77. The van der Waals surface area contributed by atoms with Crippen LogP contribution in [0, 0.1) is 0 Å². The summed E-state index contributed by atoms with van der Waals surface area (Å²) >= 11 is 12.0. The zero-order valence-electron chi connectivity index (χ0n) is 11.7. The standard InChI is InChI=1S/C15H19Cl2N3/c1-3-6-20-10-12(9-19-20)15(18-2)8-11-4-5-13(16)14(17)7-11/h4-5,7,9-10,15,18H,3,6,8H2,1-2H3. The number of aryl methyl sites for hydroxylation is 1. The Morgan fingerprint density at radius 2 is 2.10 bits per heavy atom. The van der Waals surface area contributed by atoms with Gasteiger partial charge in [-0.2, -0.15) is 5.10 Å². The number of aromatic nitrogens is 2. The van der Waals surface area contributed by atoms with Crippen molar-refractivity contribution < 1.29 is 0 Å². The van der Waals surface area contributed by atoms with Gasteiger partial charge in [-0.25, -0.2) is 0 Å². The molecule has 0 radical (unpaired) electrons. The third-order valence-corrected chi connectivity index (χ3v) is 4.02. The fraction of sp³-hybridized carbons (Fsp3) is 0.400. The molecule has 0 aliphatic rings. The molecule has 3 nitrogen and oxygen atoms in total. The first kappa shape index (κ1) is 15.4. The predicted molar refractivity (Wildman–Crippen MR) is 84.5 cm³/mol. The maximum absolute atomic E-state index is 6.06. The van der Waals surface area contributed by atoms with Gasteiger partial charge in [0.05, 0.1) is 16.2 Å².